The lowest BCUT2D eigenvalue weighted by molar-refractivity contribution is 0.173. The number of amides is 2. The number of urea groups is 1. The van der Waals surface area contributed by atoms with Crippen molar-refractivity contribution in [3.63, 3.8) is 0 Å². The zero-order valence-corrected chi connectivity index (χ0v) is 12.8. The van der Waals surface area contributed by atoms with Crippen LogP contribution in [0.5, 0.6) is 0 Å². The second-order valence-corrected chi connectivity index (χ2v) is 4.87. The molecule has 1 fully saturated rings. The number of piperidine rings is 1. The predicted octanol–water partition coefficient (Wildman–Crippen LogP) is 2.07. The van der Waals surface area contributed by atoms with Gasteiger partial charge in [-0.25, -0.2) is 9.78 Å². The third kappa shape index (κ3) is 3.53. The van der Waals surface area contributed by atoms with Crippen molar-refractivity contribution in [2.75, 3.05) is 25.0 Å². The lowest BCUT2D eigenvalue weighted by Crippen LogP contribution is -2.47. The minimum Gasteiger partial charge on any atom is -0.321 e. The van der Waals surface area contributed by atoms with E-state index in [4.69, 9.17) is 0 Å². The van der Waals surface area contributed by atoms with Gasteiger partial charge < -0.3 is 10.2 Å². The molecule has 0 atom stereocenters. The molecule has 0 unspecified atom stereocenters. The summed E-state index contributed by atoms with van der Waals surface area (Å²) in [7, 11) is 0. The molecule has 2 aliphatic heterocycles. The summed E-state index contributed by atoms with van der Waals surface area (Å²) in [6.07, 6.45) is 4.68. The van der Waals surface area contributed by atoms with Crippen LogP contribution >= 0.6 is 24.8 Å². The Labute approximate surface area is 131 Å². The molecule has 7 heteroatoms. The van der Waals surface area contributed by atoms with Crippen molar-refractivity contribution in [2.24, 2.45) is 0 Å². The molecule has 112 valence electrons. The van der Waals surface area contributed by atoms with Gasteiger partial charge in [0.25, 0.3) is 0 Å². The van der Waals surface area contributed by atoms with Crippen molar-refractivity contribution in [3.05, 3.63) is 23.9 Å². The Morgan fingerprint density at radius 1 is 1.25 bits per heavy atom. The number of hydrogen-bond donors (Lipinski definition) is 2. The third-order valence-corrected chi connectivity index (χ3v) is 3.75. The zero-order chi connectivity index (χ0) is 12.4. The first-order valence-electron chi connectivity index (χ1n) is 6.57. The van der Waals surface area contributed by atoms with E-state index in [2.05, 4.69) is 15.6 Å². The smallest absolute Gasteiger partial charge is 0.321 e. The Bertz CT molecular complexity index is 452. The van der Waals surface area contributed by atoms with E-state index < -0.39 is 0 Å². The Balaban J connectivity index is 0.000001000. The number of pyridine rings is 1. The van der Waals surface area contributed by atoms with Crippen LogP contribution < -0.4 is 10.6 Å². The SMILES string of the molecule is Cl.Cl.O=C1Nc2ncccc2CCN1C1CCNCC1. The molecular weight excluding hydrogens is 299 g/mol. The molecule has 1 saturated heterocycles. The van der Waals surface area contributed by atoms with Crippen LogP contribution in [0.2, 0.25) is 0 Å². The summed E-state index contributed by atoms with van der Waals surface area (Å²) in [4.78, 5) is 18.4. The van der Waals surface area contributed by atoms with Crippen molar-refractivity contribution in [1.82, 2.24) is 15.2 Å². The lowest BCUT2D eigenvalue weighted by Gasteiger charge is -2.33. The number of rotatable bonds is 1. The quantitative estimate of drug-likeness (QED) is 0.833. The number of carbonyl (C=O) groups is 1. The first-order valence-corrected chi connectivity index (χ1v) is 6.57. The highest BCUT2D eigenvalue weighted by Crippen LogP contribution is 2.21. The molecule has 2 aliphatic rings. The highest BCUT2D eigenvalue weighted by Gasteiger charge is 2.28. The van der Waals surface area contributed by atoms with E-state index >= 15 is 0 Å². The van der Waals surface area contributed by atoms with E-state index in [1.807, 2.05) is 17.0 Å². The van der Waals surface area contributed by atoms with E-state index in [9.17, 15) is 4.79 Å². The van der Waals surface area contributed by atoms with Crippen molar-refractivity contribution >= 4 is 36.7 Å². The van der Waals surface area contributed by atoms with Crippen molar-refractivity contribution in [3.8, 4) is 0 Å². The molecule has 0 radical (unpaired) electrons. The van der Waals surface area contributed by atoms with Crippen LogP contribution in [-0.4, -0.2) is 41.6 Å². The number of fused-ring (bicyclic) bond motifs is 1. The van der Waals surface area contributed by atoms with Gasteiger partial charge in [-0.3, -0.25) is 5.32 Å². The number of aromatic nitrogens is 1. The molecule has 2 amide bonds. The van der Waals surface area contributed by atoms with Gasteiger partial charge in [0.05, 0.1) is 0 Å². The summed E-state index contributed by atoms with van der Waals surface area (Å²) in [6, 6.07) is 4.32. The van der Waals surface area contributed by atoms with Gasteiger partial charge in [0, 0.05) is 18.8 Å². The average Bonchev–Trinajstić information content (AvgIpc) is 2.58. The molecule has 3 rings (SSSR count). The minimum atomic E-state index is -0.000602. The Hall–Kier alpha value is -1.04. The Kier molecular flexibility index (Phi) is 6.52. The molecule has 5 nitrogen and oxygen atoms in total. The van der Waals surface area contributed by atoms with Crippen molar-refractivity contribution < 1.29 is 4.79 Å². The maximum absolute atomic E-state index is 12.2. The van der Waals surface area contributed by atoms with Gasteiger partial charge in [-0.2, -0.15) is 0 Å². The molecule has 2 N–H and O–H groups in total. The summed E-state index contributed by atoms with van der Waals surface area (Å²) in [6.45, 7) is 2.79. The van der Waals surface area contributed by atoms with E-state index in [1.165, 1.54) is 0 Å². The summed E-state index contributed by atoms with van der Waals surface area (Å²) in [5.41, 5.74) is 1.13. The number of halogens is 2. The van der Waals surface area contributed by atoms with Crippen LogP contribution in [0.3, 0.4) is 0 Å². The minimum absolute atomic E-state index is 0. The molecule has 1 aromatic rings. The zero-order valence-electron chi connectivity index (χ0n) is 11.2. The number of carbonyl (C=O) groups excluding carboxylic acids is 1. The molecule has 0 spiro atoms. The molecule has 0 aliphatic carbocycles. The first-order chi connectivity index (χ1) is 8.84. The summed E-state index contributed by atoms with van der Waals surface area (Å²) in [5.74, 6) is 0.721. The molecular formula is C13H20Cl2N4O. The average molecular weight is 319 g/mol. The first kappa shape index (κ1) is 17.0. The van der Waals surface area contributed by atoms with Crippen LogP contribution in [0.4, 0.5) is 10.6 Å². The fourth-order valence-corrected chi connectivity index (χ4v) is 2.74. The molecule has 0 aromatic carbocycles. The highest BCUT2D eigenvalue weighted by atomic mass is 35.5. The van der Waals surface area contributed by atoms with Crippen LogP contribution in [0.1, 0.15) is 18.4 Å². The Morgan fingerprint density at radius 3 is 2.75 bits per heavy atom. The number of anilines is 1. The summed E-state index contributed by atoms with van der Waals surface area (Å²) < 4.78 is 0. The van der Waals surface area contributed by atoms with E-state index in [-0.39, 0.29) is 30.8 Å². The second-order valence-electron chi connectivity index (χ2n) is 4.87. The normalized spacial score (nSPS) is 19.0. The molecule has 20 heavy (non-hydrogen) atoms. The molecule has 3 heterocycles. The maximum Gasteiger partial charge on any atom is 0.323 e. The van der Waals surface area contributed by atoms with Gasteiger partial charge in [0.15, 0.2) is 0 Å². The van der Waals surface area contributed by atoms with Gasteiger partial charge in [0.1, 0.15) is 5.82 Å². The summed E-state index contributed by atoms with van der Waals surface area (Å²) in [5, 5.41) is 6.26. The fourth-order valence-electron chi connectivity index (χ4n) is 2.74. The molecule has 1 aromatic heterocycles. The van der Waals surface area contributed by atoms with Gasteiger partial charge in [-0.15, -0.1) is 24.8 Å². The largest absolute Gasteiger partial charge is 0.323 e. The third-order valence-electron chi connectivity index (χ3n) is 3.75. The highest BCUT2D eigenvalue weighted by molar-refractivity contribution is 5.90. The van der Waals surface area contributed by atoms with Crippen molar-refractivity contribution in [1.29, 1.82) is 0 Å². The van der Waals surface area contributed by atoms with E-state index in [1.54, 1.807) is 6.20 Å². The summed E-state index contributed by atoms with van der Waals surface area (Å²) >= 11 is 0. The Morgan fingerprint density at radius 2 is 2.00 bits per heavy atom. The molecule has 0 bridgehead atoms. The maximum atomic E-state index is 12.2. The number of nitrogens with one attached hydrogen (secondary N) is 2. The van der Waals surface area contributed by atoms with Crippen LogP contribution in [-0.2, 0) is 6.42 Å². The lowest BCUT2D eigenvalue weighted by atomic mass is 10.0. The van der Waals surface area contributed by atoms with Crippen LogP contribution in [0.15, 0.2) is 18.3 Å². The van der Waals surface area contributed by atoms with Crippen molar-refractivity contribution in [2.45, 2.75) is 25.3 Å². The predicted molar refractivity (Wildman–Crippen MR) is 84.1 cm³/mol. The topological polar surface area (TPSA) is 57.3 Å². The van der Waals surface area contributed by atoms with E-state index in [0.29, 0.717) is 6.04 Å². The van der Waals surface area contributed by atoms with Crippen LogP contribution in [0, 0.1) is 0 Å². The second kappa shape index (κ2) is 7.67. The number of hydrogen-bond acceptors (Lipinski definition) is 3. The van der Waals surface area contributed by atoms with Gasteiger partial charge in [0.2, 0.25) is 0 Å². The molecule has 0 saturated carbocycles. The van der Waals surface area contributed by atoms with E-state index in [0.717, 1.165) is 50.3 Å². The van der Waals surface area contributed by atoms with Gasteiger partial charge in [-0.1, -0.05) is 6.07 Å². The standard InChI is InChI=1S/C13H18N4O.2ClH/c18-13-16-12-10(2-1-6-15-12)5-9-17(13)11-3-7-14-8-4-11;;/h1-2,6,11,14H,3-5,7-9H2,(H,15,16,18);2*1H. The monoisotopic (exact) mass is 318 g/mol. The van der Waals surface area contributed by atoms with Gasteiger partial charge >= 0.3 is 6.03 Å². The fraction of sp³-hybridized carbons (Fsp3) is 0.538. The van der Waals surface area contributed by atoms with Crippen LogP contribution in [0.25, 0.3) is 0 Å². The number of nitrogens with zero attached hydrogens (tertiary/aromatic N) is 2. The van der Waals surface area contributed by atoms with Gasteiger partial charge in [-0.05, 0) is 44.0 Å².